The van der Waals surface area contributed by atoms with Gasteiger partial charge in [-0.3, -0.25) is 14.8 Å². The van der Waals surface area contributed by atoms with Crippen molar-refractivity contribution < 1.29 is 4.79 Å². The van der Waals surface area contributed by atoms with Gasteiger partial charge in [0.15, 0.2) is 11.5 Å². The Morgan fingerprint density at radius 3 is 3.00 bits per heavy atom. The molecule has 1 amide bonds. The number of nitrogens with zero attached hydrogens (tertiary/aromatic N) is 7. The smallest absolute Gasteiger partial charge is 0.253 e. The predicted octanol–water partition coefficient (Wildman–Crippen LogP) is 2.09. The Bertz CT molecular complexity index is 1230. The van der Waals surface area contributed by atoms with Gasteiger partial charge in [0.2, 0.25) is 0 Å². The Hall–Kier alpha value is -3.40. The molecular weight excluding hydrogens is 400 g/mol. The van der Waals surface area contributed by atoms with E-state index in [9.17, 15) is 4.79 Å². The molecule has 1 aliphatic rings. The zero-order valence-corrected chi connectivity index (χ0v) is 17.5. The second kappa shape index (κ2) is 7.45. The monoisotopic (exact) mass is 420 g/mol. The van der Waals surface area contributed by atoms with Crippen LogP contribution in [0, 0.1) is 13.8 Å². The number of thiazole rings is 1. The number of hydrogen-bond donors (Lipinski definition) is 1. The number of rotatable bonds is 4. The van der Waals surface area contributed by atoms with Crippen LogP contribution in [-0.4, -0.2) is 42.2 Å². The van der Waals surface area contributed by atoms with Crippen LogP contribution in [0.3, 0.4) is 0 Å². The summed E-state index contributed by atoms with van der Waals surface area (Å²) >= 11 is 1.52. The topological polar surface area (TPSA) is 101 Å². The summed E-state index contributed by atoms with van der Waals surface area (Å²) in [5.41, 5.74) is 7.33. The Kier molecular flexibility index (Phi) is 4.62. The molecule has 0 saturated heterocycles. The van der Waals surface area contributed by atoms with E-state index in [0.717, 1.165) is 51.7 Å². The lowest BCUT2D eigenvalue weighted by Crippen LogP contribution is -2.33. The number of carbonyl (C=O) groups excluding carboxylic acids is 1. The second-order valence-electron chi connectivity index (χ2n) is 7.32. The lowest BCUT2D eigenvalue weighted by Gasteiger charge is -2.30. The highest BCUT2D eigenvalue weighted by Gasteiger charge is 2.23. The third kappa shape index (κ3) is 3.28. The molecule has 0 bridgehead atoms. The number of anilines is 1. The van der Waals surface area contributed by atoms with Gasteiger partial charge in [0, 0.05) is 53.6 Å². The fourth-order valence-electron chi connectivity index (χ4n) is 3.69. The summed E-state index contributed by atoms with van der Waals surface area (Å²) in [6, 6.07) is 1.94. The molecule has 5 heterocycles. The molecule has 0 spiro atoms. The fraction of sp³-hybridized carbons (Fsp3) is 0.300. The highest BCUT2D eigenvalue weighted by molar-refractivity contribution is 7.09. The van der Waals surface area contributed by atoms with Gasteiger partial charge in [-0.2, -0.15) is 4.52 Å². The summed E-state index contributed by atoms with van der Waals surface area (Å²) in [6.07, 6.45) is 5.85. The minimum Gasteiger partial charge on any atom is -0.350 e. The van der Waals surface area contributed by atoms with E-state index >= 15 is 0 Å². The maximum absolute atomic E-state index is 12.6. The van der Waals surface area contributed by atoms with Crippen molar-refractivity contribution in [2.75, 3.05) is 11.4 Å². The van der Waals surface area contributed by atoms with Gasteiger partial charge in [0.1, 0.15) is 6.33 Å². The summed E-state index contributed by atoms with van der Waals surface area (Å²) in [7, 11) is 0. The SMILES string of the molecule is Cc1c(N2CCc3ncc(C(=O)NCc4cncs4)cc3C2)nn2cnnc2c1C. The van der Waals surface area contributed by atoms with Gasteiger partial charge in [-0.25, -0.2) is 0 Å². The zero-order chi connectivity index (χ0) is 20.7. The first-order valence-electron chi connectivity index (χ1n) is 9.65. The van der Waals surface area contributed by atoms with E-state index in [2.05, 4.69) is 37.3 Å². The third-order valence-electron chi connectivity index (χ3n) is 5.47. The summed E-state index contributed by atoms with van der Waals surface area (Å²) in [4.78, 5) is 24.4. The van der Waals surface area contributed by atoms with Crippen LogP contribution in [0.25, 0.3) is 5.65 Å². The molecular formula is C20H20N8OS. The van der Waals surface area contributed by atoms with Gasteiger partial charge >= 0.3 is 0 Å². The lowest BCUT2D eigenvalue weighted by atomic mass is 10.0. The standard InChI is InChI=1S/C20H20N8OS/c1-12-13(2)19(26-28-10-24-25-18(12)28)27-4-3-17-15(9-27)5-14(6-22-17)20(29)23-8-16-7-21-11-30-16/h5-7,10-11H,3-4,8-9H2,1-2H3,(H,23,29). The summed E-state index contributed by atoms with van der Waals surface area (Å²) < 4.78 is 1.72. The lowest BCUT2D eigenvalue weighted by molar-refractivity contribution is 0.0950. The van der Waals surface area contributed by atoms with E-state index in [1.807, 2.05) is 13.0 Å². The molecule has 30 heavy (non-hydrogen) atoms. The molecule has 9 nitrogen and oxygen atoms in total. The van der Waals surface area contributed by atoms with E-state index in [4.69, 9.17) is 5.10 Å². The normalized spacial score (nSPS) is 13.5. The minimum atomic E-state index is -0.133. The predicted molar refractivity (Wildman–Crippen MR) is 113 cm³/mol. The molecule has 0 fully saturated rings. The van der Waals surface area contributed by atoms with Crippen LogP contribution in [0.5, 0.6) is 0 Å². The van der Waals surface area contributed by atoms with Crippen LogP contribution < -0.4 is 10.2 Å². The van der Waals surface area contributed by atoms with Gasteiger partial charge < -0.3 is 10.2 Å². The molecule has 152 valence electrons. The van der Waals surface area contributed by atoms with E-state index in [-0.39, 0.29) is 5.91 Å². The summed E-state index contributed by atoms with van der Waals surface area (Å²) in [6.45, 7) is 6.03. The highest BCUT2D eigenvalue weighted by Crippen LogP contribution is 2.27. The van der Waals surface area contributed by atoms with Crippen LogP contribution >= 0.6 is 11.3 Å². The highest BCUT2D eigenvalue weighted by atomic mass is 32.1. The molecule has 4 aromatic heterocycles. The van der Waals surface area contributed by atoms with Crippen molar-refractivity contribution in [1.82, 2.24) is 35.1 Å². The van der Waals surface area contributed by atoms with Crippen molar-refractivity contribution in [3.63, 3.8) is 0 Å². The quantitative estimate of drug-likeness (QED) is 0.539. The third-order valence-corrected chi connectivity index (χ3v) is 6.25. The van der Waals surface area contributed by atoms with E-state index in [1.54, 1.807) is 28.7 Å². The average Bonchev–Trinajstić information content (AvgIpc) is 3.45. The maximum Gasteiger partial charge on any atom is 0.253 e. The van der Waals surface area contributed by atoms with Crippen LogP contribution in [0.15, 0.2) is 30.3 Å². The zero-order valence-electron chi connectivity index (χ0n) is 16.7. The molecule has 0 atom stereocenters. The minimum absolute atomic E-state index is 0.133. The van der Waals surface area contributed by atoms with Crippen molar-refractivity contribution in [3.8, 4) is 0 Å². The van der Waals surface area contributed by atoms with Crippen molar-refractivity contribution in [3.05, 3.63) is 63.1 Å². The van der Waals surface area contributed by atoms with Gasteiger partial charge in [-0.05, 0) is 25.5 Å². The van der Waals surface area contributed by atoms with Gasteiger partial charge in [0.05, 0.1) is 17.6 Å². The fourth-order valence-corrected chi connectivity index (χ4v) is 4.23. The van der Waals surface area contributed by atoms with Crippen molar-refractivity contribution in [2.24, 2.45) is 0 Å². The Morgan fingerprint density at radius 2 is 2.17 bits per heavy atom. The molecule has 0 radical (unpaired) electrons. The first-order chi connectivity index (χ1) is 14.6. The Balaban J connectivity index is 1.39. The van der Waals surface area contributed by atoms with Crippen molar-refractivity contribution >= 4 is 28.7 Å². The number of aromatic nitrogens is 6. The molecule has 10 heteroatoms. The van der Waals surface area contributed by atoms with E-state index in [0.29, 0.717) is 18.7 Å². The van der Waals surface area contributed by atoms with E-state index < -0.39 is 0 Å². The summed E-state index contributed by atoms with van der Waals surface area (Å²) in [5.74, 6) is 0.775. The Labute approximate surface area is 176 Å². The number of fused-ring (bicyclic) bond motifs is 2. The maximum atomic E-state index is 12.6. The van der Waals surface area contributed by atoms with Gasteiger partial charge in [-0.15, -0.1) is 26.6 Å². The number of carbonyl (C=O) groups is 1. The molecule has 5 rings (SSSR count). The van der Waals surface area contributed by atoms with Crippen LogP contribution in [0.1, 0.15) is 37.6 Å². The van der Waals surface area contributed by atoms with Crippen molar-refractivity contribution in [1.29, 1.82) is 0 Å². The molecule has 0 aliphatic carbocycles. The number of nitrogens with one attached hydrogen (secondary N) is 1. The number of hydrogen-bond acceptors (Lipinski definition) is 8. The van der Waals surface area contributed by atoms with Gasteiger partial charge in [0.25, 0.3) is 5.91 Å². The molecule has 0 unspecified atom stereocenters. The largest absolute Gasteiger partial charge is 0.350 e. The number of pyridine rings is 1. The van der Waals surface area contributed by atoms with Crippen LogP contribution in [0.4, 0.5) is 5.82 Å². The molecule has 0 aromatic carbocycles. The molecule has 1 N–H and O–H groups in total. The van der Waals surface area contributed by atoms with Crippen molar-refractivity contribution in [2.45, 2.75) is 33.4 Å². The number of amides is 1. The van der Waals surface area contributed by atoms with Crippen LogP contribution in [-0.2, 0) is 19.5 Å². The molecule has 4 aromatic rings. The second-order valence-corrected chi connectivity index (χ2v) is 8.30. The van der Waals surface area contributed by atoms with E-state index in [1.165, 1.54) is 11.3 Å². The molecule has 1 aliphatic heterocycles. The average molecular weight is 421 g/mol. The molecule has 0 saturated carbocycles. The first kappa shape index (κ1) is 18.6. The number of aryl methyl sites for hydroxylation is 1. The van der Waals surface area contributed by atoms with Gasteiger partial charge in [-0.1, -0.05) is 0 Å². The Morgan fingerprint density at radius 1 is 1.27 bits per heavy atom. The first-order valence-corrected chi connectivity index (χ1v) is 10.5. The van der Waals surface area contributed by atoms with Crippen LogP contribution in [0.2, 0.25) is 0 Å². The summed E-state index contributed by atoms with van der Waals surface area (Å²) in [5, 5.41) is 15.8.